The molecule has 0 radical (unpaired) electrons. The van der Waals surface area contributed by atoms with Crippen LogP contribution in [0.4, 0.5) is 5.82 Å². The zero-order chi connectivity index (χ0) is 21.8. The molecule has 0 aliphatic rings. The SMILES string of the molecule is COc1ncc(-c2ccccc2)c2ncc(NC(=O)c3ccc(CN(C)C)cc3)nc12. The van der Waals surface area contributed by atoms with Crippen LogP contribution in [0.1, 0.15) is 15.9 Å². The fraction of sp³-hybridized carbons (Fsp3) is 0.167. The van der Waals surface area contributed by atoms with Crippen molar-refractivity contribution in [2.24, 2.45) is 0 Å². The molecule has 4 rings (SSSR count). The fourth-order valence-corrected chi connectivity index (χ4v) is 3.33. The Bertz CT molecular complexity index is 1210. The number of carbonyl (C=O) groups is 1. The van der Waals surface area contributed by atoms with Gasteiger partial charge in [0.15, 0.2) is 11.3 Å². The highest BCUT2D eigenvalue weighted by atomic mass is 16.5. The Morgan fingerprint density at radius 3 is 2.39 bits per heavy atom. The van der Waals surface area contributed by atoms with Crippen LogP contribution in [0.25, 0.3) is 22.2 Å². The van der Waals surface area contributed by atoms with Crippen LogP contribution < -0.4 is 10.1 Å². The summed E-state index contributed by atoms with van der Waals surface area (Å²) in [5, 5.41) is 2.81. The van der Waals surface area contributed by atoms with E-state index in [0.29, 0.717) is 28.3 Å². The molecule has 2 aromatic heterocycles. The van der Waals surface area contributed by atoms with Gasteiger partial charge in [0, 0.05) is 23.9 Å². The summed E-state index contributed by atoms with van der Waals surface area (Å²) in [6.07, 6.45) is 3.27. The van der Waals surface area contributed by atoms with E-state index in [0.717, 1.165) is 23.2 Å². The fourth-order valence-electron chi connectivity index (χ4n) is 3.33. The zero-order valence-corrected chi connectivity index (χ0v) is 17.7. The number of pyridine rings is 1. The average Bonchev–Trinajstić information content (AvgIpc) is 2.79. The minimum Gasteiger partial charge on any atom is -0.479 e. The molecule has 0 atom stereocenters. The quantitative estimate of drug-likeness (QED) is 0.514. The molecule has 31 heavy (non-hydrogen) atoms. The standard InChI is InChI=1S/C24H23N5O2/c1-29(2)15-16-9-11-18(12-10-16)23(30)28-20-14-25-21-19(17-7-5-4-6-8-17)13-26-24(31-3)22(21)27-20/h4-14H,15H2,1-3H3,(H,27,28,30). The summed E-state index contributed by atoms with van der Waals surface area (Å²) in [7, 11) is 5.54. The third kappa shape index (κ3) is 4.51. The Labute approximate surface area is 180 Å². The Hall–Kier alpha value is -3.84. The summed E-state index contributed by atoms with van der Waals surface area (Å²) in [6.45, 7) is 0.814. The predicted octanol–water partition coefficient (Wildman–Crippen LogP) is 4.01. The number of amides is 1. The van der Waals surface area contributed by atoms with Gasteiger partial charge in [-0.3, -0.25) is 4.79 Å². The van der Waals surface area contributed by atoms with Gasteiger partial charge in [0.1, 0.15) is 5.52 Å². The second-order valence-corrected chi connectivity index (χ2v) is 7.39. The van der Waals surface area contributed by atoms with E-state index in [9.17, 15) is 4.79 Å². The van der Waals surface area contributed by atoms with E-state index < -0.39 is 0 Å². The minimum absolute atomic E-state index is 0.254. The van der Waals surface area contributed by atoms with Crippen molar-refractivity contribution in [3.05, 3.63) is 78.1 Å². The van der Waals surface area contributed by atoms with Crippen molar-refractivity contribution in [1.82, 2.24) is 19.9 Å². The normalized spacial score (nSPS) is 11.0. The molecule has 1 amide bonds. The van der Waals surface area contributed by atoms with Gasteiger partial charge in [-0.15, -0.1) is 0 Å². The van der Waals surface area contributed by atoms with Crippen LogP contribution in [0.15, 0.2) is 67.0 Å². The van der Waals surface area contributed by atoms with Crippen molar-refractivity contribution in [2.45, 2.75) is 6.54 Å². The van der Waals surface area contributed by atoms with Crippen LogP contribution in [-0.4, -0.2) is 47.0 Å². The highest BCUT2D eigenvalue weighted by Gasteiger charge is 2.15. The second kappa shape index (κ2) is 8.89. The minimum atomic E-state index is -0.254. The molecule has 0 fully saturated rings. The average molecular weight is 413 g/mol. The maximum atomic E-state index is 12.7. The summed E-state index contributed by atoms with van der Waals surface area (Å²) < 4.78 is 5.38. The number of benzene rings is 2. The van der Waals surface area contributed by atoms with Crippen molar-refractivity contribution < 1.29 is 9.53 Å². The summed E-state index contributed by atoms with van der Waals surface area (Å²) in [6, 6.07) is 17.3. The lowest BCUT2D eigenvalue weighted by Gasteiger charge is -2.11. The third-order valence-corrected chi connectivity index (χ3v) is 4.78. The van der Waals surface area contributed by atoms with Crippen LogP contribution in [0.5, 0.6) is 5.88 Å². The number of carbonyl (C=O) groups excluding carboxylic acids is 1. The van der Waals surface area contributed by atoms with Crippen molar-refractivity contribution in [3.63, 3.8) is 0 Å². The zero-order valence-electron chi connectivity index (χ0n) is 17.7. The van der Waals surface area contributed by atoms with Crippen LogP contribution in [-0.2, 0) is 6.54 Å². The van der Waals surface area contributed by atoms with E-state index in [1.807, 2.05) is 56.6 Å². The predicted molar refractivity (Wildman–Crippen MR) is 121 cm³/mol. The molecule has 0 bridgehead atoms. The summed E-state index contributed by atoms with van der Waals surface area (Å²) in [4.78, 5) is 28.3. The highest BCUT2D eigenvalue weighted by molar-refractivity contribution is 6.04. The Morgan fingerprint density at radius 2 is 1.71 bits per heavy atom. The molecular weight excluding hydrogens is 390 g/mol. The van der Waals surface area contributed by atoms with E-state index in [2.05, 4.69) is 25.2 Å². The Morgan fingerprint density at radius 1 is 0.968 bits per heavy atom. The van der Waals surface area contributed by atoms with Gasteiger partial charge >= 0.3 is 0 Å². The summed E-state index contributed by atoms with van der Waals surface area (Å²) >= 11 is 0. The van der Waals surface area contributed by atoms with Gasteiger partial charge in [-0.1, -0.05) is 42.5 Å². The number of anilines is 1. The molecule has 7 nitrogen and oxygen atoms in total. The van der Waals surface area contributed by atoms with Gasteiger partial charge in [0.2, 0.25) is 5.88 Å². The monoisotopic (exact) mass is 413 g/mol. The largest absolute Gasteiger partial charge is 0.479 e. The van der Waals surface area contributed by atoms with Gasteiger partial charge in [0.05, 0.1) is 13.3 Å². The number of fused-ring (bicyclic) bond motifs is 1. The number of nitrogens with one attached hydrogen (secondary N) is 1. The number of methoxy groups -OCH3 is 1. The molecule has 4 aromatic rings. The molecule has 2 aromatic carbocycles. The first-order valence-corrected chi connectivity index (χ1v) is 9.85. The number of ether oxygens (including phenoxy) is 1. The van der Waals surface area contributed by atoms with Crippen LogP contribution in [0.3, 0.4) is 0 Å². The molecule has 2 heterocycles. The van der Waals surface area contributed by atoms with Crippen molar-refractivity contribution in [3.8, 4) is 17.0 Å². The molecule has 0 aliphatic carbocycles. The van der Waals surface area contributed by atoms with E-state index in [1.54, 1.807) is 24.5 Å². The van der Waals surface area contributed by atoms with Gasteiger partial charge in [-0.05, 0) is 37.4 Å². The first kappa shape index (κ1) is 20.4. The van der Waals surface area contributed by atoms with Crippen molar-refractivity contribution >= 4 is 22.8 Å². The molecule has 7 heteroatoms. The van der Waals surface area contributed by atoms with E-state index in [1.165, 1.54) is 7.11 Å². The molecule has 1 N–H and O–H groups in total. The lowest BCUT2D eigenvalue weighted by atomic mass is 10.1. The number of rotatable bonds is 6. The summed E-state index contributed by atoms with van der Waals surface area (Å²) in [5.74, 6) is 0.433. The second-order valence-electron chi connectivity index (χ2n) is 7.39. The topological polar surface area (TPSA) is 80.2 Å². The maximum absolute atomic E-state index is 12.7. The number of aromatic nitrogens is 3. The molecule has 0 spiro atoms. The van der Waals surface area contributed by atoms with Gasteiger partial charge in [-0.25, -0.2) is 15.0 Å². The van der Waals surface area contributed by atoms with Crippen molar-refractivity contribution in [1.29, 1.82) is 0 Å². The lowest BCUT2D eigenvalue weighted by Crippen LogP contribution is -2.14. The van der Waals surface area contributed by atoms with Crippen molar-refractivity contribution in [2.75, 3.05) is 26.5 Å². The molecule has 0 unspecified atom stereocenters. The maximum Gasteiger partial charge on any atom is 0.256 e. The smallest absolute Gasteiger partial charge is 0.256 e. The van der Waals surface area contributed by atoms with E-state index in [4.69, 9.17) is 4.74 Å². The lowest BCUT2D eigenvalue weighted by molar-refractivity contribution is 0.102. The molecule has 0 aliphatic heterocycles. The van der Waals surface area contributed by atoms with Crippen LogP contribution in [0, 0.1) is 0 Å². The Kier molecular flexibility index (Phi) is 5.86. The van der Waals surface area contributed by atoms with Crippen LogP contribution >= 0.6 is 0 Å². The molecule has 0 saturated carbocycles. The molecule has 0 saturated heterocycles. The third-order valence-electron chi connectivity index (χ3n) is 4.78. The first-order valence-electron chi connectivity index (χ1n) is 9.85. The first-order chi connectivity index (χ1) is 15.0. The number of hydrogen-bond acceptors (Lipinski definition) is 6. The summed E-state index contributed by atoms with van der Waals surface area (Å²) in [5.41, 5.74) is 4.65. The van der Waals surface area contributed by atoms with Gasteiger partial charge in [-0.2, -0.15) is 0 Å². The van der Waals surface area contributed by atoms with Gasteiger partial charge in [0.25, 0.3) is 5.91 Å². The molecule has 156 valence electrons. The highest BCUT2D eigenvalue weighted by Crippen LogP contribution is 2.30. The Balaban J connectivity index is 1.63. The van der Waals surface area contributed by atoms with E-state index >= 15 is 0 Å². The molecular formula is C24H23N5O2. The number of hydrogen-bond donors (Lipinski definition) is 1. The number of nitrogens with zero attached hydrogens (tertiary/aromatic N) is 4. The van der Waals surface area contributed by atoms with Crippen LogP contribution in [0.2, 0.25) is 0 Å². The van der Waals surface area contributed by atoms with E-state index in [-0.39, 0.29) is 5.91 Å². The van der Waals surface area contributed by atoms with Gasteiger partial charge < -0.3 is 15.0 Å².